The average molecular weight is 375 g/mol. The normalized spacial score (nSPS) is 17.0. The van der Waals surface area contributed by atoms with Gasteiger partial charge in [0, 0.05) is 24.0 Å². The monoisotopic (exact) mass is 374 g/mol. The molecule has 0 radical (unpaired) electrons. The van der Waals surface area contributed by atoms with Crippen LogP contribution in [-0.4, -0.2) is 35.3 Å². The number of rotatable bonds is 6. The van der Waals surface area contributed by atoms with Gasteiger partial charge in [0.05, 0.1) is 0 Å². The summed E-state index contributed by atoms with van der Waals surface area (Å²) in [7, 11) is 0. The molecular formula is C20H27ClN4O. The maximum atomic E-state index is 13.2. The van der Waals surface area contributed by atoms with E-state index >= 15 is 0 Å². The van der Waals surface area contributed by atoms with Gasteiger partial charge in [-0.15, -0.1) is 0 Å². The summed E-state index contributed by atoms with van der Waals surface area (Å²) in [6.45, 7) is 6.57. The third-order valence-corrected chi connectivity index (χ3v) is 5.33. The molecule has 2 aromatic rings. The van der Waals surface area contributed by atoms with Crippen molar-refractivity contribution in [3.8, 4) is 0 Å². The quantitative estimate of drug-likeness (QED) is 0.817. The van der Waals surface area contributed by atoms with Gasteiger partial charge in [0.2, 0.25) is 5.91 Å². The van der Waals surface area contributed by atoms with E-state index in [-0.39, 0.29) is 11.3 Å². The molecule has 0 saturated carbocycles. The molecule has 2 N–H and O–H groups in total. The number of carbonyl (C=O) groups excluding carboxylic acids is 1. The standard InChI is InChI=1S/C20H27ClN4O/c1-19(2,14-16-5-3-6-17(21)13-16)15-23-18(26)20(7-10-22-11-8-20)25-12-4-9-24-25/h3-6,9,12-13,22H,7-8,10-11,14-15H2,1-2H3,(H,23,26). The van der Waals surface area contributed by atoms with E-state index in [2.05, 4.69) is 35.6 Å². The fourth-order valence-corrected chi connectivity index (χ4v) is 3.88. The highest BCUT2D eigenvalue weighted by atomic mass is 35.5. The number of benzene rings is 1. The number of halogens is 1. The van der Waals surface area contributed by atoms with Crippen molar-refractivity contribution in [1.29, 1.82) is 0 Å². The summed E-state index contributed by atoms with van der Waals surface area (Å²) in [6.07, 6.45) is 5.97. The van der Waals surface area contributed by atoms with E-state index in [0.717, 1.165) is 37.4 Å². The lowest BCUT2D eigenvalue weighted by Crippen LogP contribution is -2.55. The number of amides is 1. The Balaban J connectivity index is 1.68. The smallest absolute Gasteiger partial charge is 0.248 e. The molecule has 3 rings (SSSR count). The lowest BCUT2D eigenvalue weighted by atomic mass is 9.84. The molecular weight excluding hydrogens is 348 g/mol. The maximum Gasteiger partial charge on any atom is 0.248 e. The summed E-state index contributed by atoms with van der Waals surface area (Å²) in [5.41, 5.74) is 0.514. The molecule has 2 heterocycles. The highest BCUT2D eigenvalue weighted by molar-refractivity contribution is 6.30. The first-order valence-electron chi connectivity index (χ1n) is 9.15. The van der Waals surface area contributed by atoms with Gasteiger partial charge in [-0.25, -0.2) is 0 Å². The predicted molar refractivity (Wildman–Crippen MR) is 104 cm³/mol. The maximum absolute atomic E-state index is 13.2. The highest BCUT2D eigenvalue weighted by Crippen LogP contribution is 2.28. The number of hydrogen-bond donors (Lipinski definition) is 2. The zero-order valence-electron chi connectivity index (χ0n) is 15.5. The van der Waals surface area contributed by atoms with Gasteiger partial charge >= 0.3 is 0 Å². The minimum atomic E-state index is -0.596. The van der Waals surface area contributed by atoms with E-state index < -0.39 is 5.54 Å². The van der Waals surface area contributed by atoms with Crippen molar-refractivity contribution in [2.24, 2.45) is 5.41 Å². The Morgan fingerprint density at radius 2 is 2.12 bits per heavy atom. The Kier molecular flexibility index (Phi) is 5.68. The van der Waals surface area contributed by atoms with Crippen LogP contribution in [0.2, 0.25) is 5.02 Å². The van der Waals surface area contributed by atoms with E-state index in [1.54, 1.807) is 6.20 Å². The zero-order valence-corrected chi connectivity index (χ0v) is 16.2. The Hall–Kier alpha value is -1.85. The van der Waals surface area contributed by atoms with Gasteiger partial charge in [-0.05, 0) is 61.5 Å². The number of carbonyl (C=O) groups is 1. The van der Waals surface area contributed by atoms with Crippen LogP contribution >= 0.6 is 11.6 Å². The second kappa shape index (κ2) is 7.80. The van der Waals surface area contributed by atoms with Gasteiger partial charge in [-0.3, -0.25) is 9.48 Å². The molecule has 0 atom stereocenters. The van der Waals surface area contributed by atoms with E-state index in [4.69, 9.17) is 11.6 Å². The second-order valence-corrected chi connectivity index (χ2v) is 8.32. The third kappa shape index (κ3) is 4.27. The summed E-state index contributed by atoms with van der Waals surface area (Å²) in [5, 5.41) is 11.6. The minimum absolute atomic E-state index is 0.0573. The first-order valence-corrected chi connectivity index (χ1v) is 9.53. The average Bonchev–Trinajstić information content (AvgIpc) is 3.15. The first kappa shape index (κ1) is 18.9. The van der Waals surface area contributed by atoms with Crippen molar-refractivity contribution in [3.63, 3.8) is 0 Å². The lowest BCUT2D eigenvalue weighted by Gasteiger charge is -2.37. The summed E-state index contributed by atoms with van der Waals surface area (Å²) in [5.74, 6) is 0.0573. The number of piperidine rings is 1. The van der Waals surface area contributed by atoms with E-state index in [1.807, 2.05) is 35.1 Å². The Morgan fingerprint density at radius 3 is 2.77 bits per heavy atom. The van der Waals surface area contributed by atoms with Crippen LogP contribution in [0.1, 0.15) is 32.3 Å². The molecule has 0 unspecified atom stereocenters. The molecule has 0 bridgehead atoms. The Bertz CT molecular complexity index is 736. The Labute approximate surface area is 160 Å². The summed E-state index contributed by atoms with van der Waals surface area (Å²) in [4.78, 5) is 13.2. The summed E-state index contributed by atoms with van der Waals surface area (Å²) in [6, 6.07) is 9.79. The third-order valence-electron chi connectivity index (χ3n) is 5.10. The summed E-state index contributed by atoms with van der Waals surface area (Å²) >= 11 is 6.09. The van der Waals surface area contributed by atoms with Gasteiger partial charge in [0.1, 0.15) is 5.54 Å². The molecule has 1 saturated heterocycles. The molecule has 1 aromatic carbocycles. The van der Waals surface area contributed by atoms with Crippen LogP contribution in [0.4, 0.5) is 0 Å². The molecule has 140 valence electrons. The Morgan fingerprint density at radius 1 is 1.35 bits per heavy atom. The second-order valence-electron chi connectivity index (χ2n) is 7.89. The van der Waals surface area contributed by atoms with Crippen LogP contribution in [-0.2, 0) is 16.8 Å². The van der Waals surface area contributed by atoms with Gasteiger partial charge in [-0.1, -0.05) is 37.6 Å². The lowest BCUT2D eigenvalue weighted by molar-refractivity contribution is -0.132. The fraction of sp³-hybridized carbons (Fsp3) is 0.500. The molecule has 1 fully saturated rings. The molecule has 0 aliphatic carbocycles. The van der Waals surface area contributed by atoms with Crippen molar-refractivity contribution in [2.45, 2.75) is 38.6 Å². The van der Waals surface area contributed by atoms with E-state index in [1.165, 1.54) is 5.56 Å². The van der Waals surface area contributed by atoms with Gasteiger partial charge < -0.3 is 10.6 Å². The van der Waals surface area contributed by atoms with Crippen LogP contribution in [0.5, 0.6) is 0 Å². The molecule has 5 nitrogen and oxygen atoms in total. The predicted octanol–water partition coefficient (Wildman–Crippen LogP) is 3.00. The molecule has 6 heteroatoms. The topological polar surface area (TPSA) is 59.0 Å². The first-order chi connectivity index (χ1) is 12.4. The van der Waals surface area contributed by atoms with Crippen molar-refractivity contribution in [2.75, 3.05) is 19.6 Å². The van der Waals surface area contributed by atoms with Gasteiger partial charge in [0.25, 0.3) is 0 Å². The molecule has 1 aliphatic rings. The largest absolute Gasteiger partial charge is 0.353 e. The molecule has 0 spiro atoms. The molecule has 26 heavy (non-hydrogen) atoms. The minimum Gasteiger partial charge on any atom is -0.353 e. The van der Waals surface area contributed by atoms with Crippen molar-refractivity contribution in [3.05, 3.63) is 53.3 Å². The molecule has 1 aliphatic heterocycles. The van der Waals surface area contributed by atoms with Crippen LogP contribution in [0, 0.1) is 5.41 Å². The van der Waals surface area contributed by atoms with Crippen LogP contribution in [0.15, 0.2) is 42.7 Å². The van der Waals surface area contributed by atoms with Crippen molar-refractivity contribution >= 4 is 17.5 Å². The fourth-order valence-electron chi connectivity index (χ4n) is 3.67. The van der Waals surface area contributed by atoms with Crippen LogP contribution in [0.25, 0.3) is 0 Å². The van der Waals surface area contributed by atoms with Crippen LogP contribution < -0.4 is 10.6 Å². The van der Waals surface area contributed by atoms with Gasteiger partial charge in [0.15, 0.2) is 0 Å². The molecule has 1 amide bonds. The number of hydrogen-bond acceptors (Lipinski definition) is 3. The number of nitrogens with one attached hydrogen (secondary N) is 2. The molecule has 1 aromatic heterocycles. The number of aromatic nitrogens is 2. The van der Waals surface area contributed by atoms with Crippen molar-refractivity contribution in [1.82, 2.24) is 20.4 Å². The highest BCUT2D eigenvalue weighted by Gasteiger charge is 2.42. The SMILES string of the molecule is CC(C)(CNC(=O)C1(n2cccn2)CCNCC1)Cc1cccc(Cl)c1. The van der Waals surface area contributed by atoms with E-state index in [0.29, 0.717) is 6.54 Å². The van der Waals surface area contributed by atoms with E-state index in [9.17, 15) is 4.79 Å². The zero-order chi connectivity index (χ0) is 18.6. The summed E-state index contributed by atoms with van der Waals surface area (Å²) < 4.78 is 1.83. The van der Waals surface area contributed by atoms with Crippen LogP contribution in [0.3, 0.4) is 0 Å². The van der Waals surface area contributed by atoms with Gasteiger partial charge in [-0.2, -0.15) is 5.10 Å². The van der Waals surface area contributed by atoms with Crippen molar-refractivity contribution < 1.29 is 4.79 Å². The number of nitrogens with zero attached hydrogens (tertiary/aromatic N) is 2.